The van der Waals surface area contributed by atoms with Gasteiger partial charge in [-0.3, -0.25) is 33.6 Å². The molecule has 80 heavy (non-hydrogen) atoms. The van der Waals surface area contributed by atoms with Gasteiger partial charge in [0.05, 0.1) is 18.1 Å². The summed E-state index contributed by atoms with van der Waals surface area (Å²) in [6.45, 7) is 17.6. The maximum Gasteiger partial charge on any atom is 0.251 e. The molecule has 0 saturated carbocycles. The molecule has 1 saturated heterocycles. The molecule has 0 spiro atoms. The van der Waals surface area contributed by atoms with Gasteiger partial charge in [-0.15, -0.1) is 0 Å². The minimum Gasteiger partial charge on any atom is -0.489 e. The second-order valence-corrected chi connectivity index (χ2v) is 25.0. The molecule has 6 amide bonds. The Kier molecular flexibility index (Phi) is 18.7. The van der Waals surface area contributed by atoms with Crippen LogP contribution in [0.1, 0.15) is 169 Å². The van der Waals surface area contributed by atoms with E-state index in [-0.39, 0.29) is 98.2 Å². The molecule has 15 heteroatoms. The van der Waals surface area contributed by atoms with Crippen LogP contribution in [0.4, 0.5) is 0 Å². The van der Waals surface area contributed by atoms with Gasteiger partial charge in [0.1, 0.15) is 36.3 Å². The first-order chi connectivity index (χ1) is 38.0. The molecule has 2 heterocycles. The maximum atomic E-state index is 14.8. The van der Waals surface area contributed by atoms with E-state index in [4.69, 9.17) is 4.74 Å². The lowest BCUT2D eigenvalue weighted by Gasteiger charge is -2.41. The first kappa shape index (κ1) is 59.3. The van der Waals surface area contributed by atoms with Crippen molar-refractivity contribution in [1.82, 2.24) is 36.4 Å². The van der Waals surface area contributed by atoms with E-state index in [1.165, 1.54) is 11.1 Å². The number of fused-ring (bicyclic) bond motifs is 3. The van der Waals surface area contributed by atoms with Gasteiger partial charge in [0, 0.05) is 49.4 Å². The highest BCUT2D eigenvalue weighted by molar-refractivity contribution is 5.96. The summed E-state index contributed by atoms with van der Waals surface area (Å²) in [5.74, 6) is -2.13. The van der Waals surface area contributed by atoms with E-state index in [9.17, 15) is 33.6 Å². The number of Topliss-reactive ketones (excluding diaryl/α,β-unsaturated/α-hetero) is 1. The summed E-state index contributed by atoms with van der Waals surface area (Å²) in [4.78, 5) is 102. The van der Waals surface area contributed by atoms with Gasteiger partial charge < -0.3 is 41.1 Å². The summed E-state index contributed by atoms with van der Waals surface area (Å²) < 4.78 is 6.36. The molecule has 2 aliphatic carbocycles. The molecule has 9 atom stereocenters. The maximum absolute atomic E-state index is 14.8. The van der Waals surface area contributed by atoms with Gasteiger partial charge in [0.15, 0.2) is 0 Å². The van der Waals surface area contributed by atoms with Crippen molar-refractivity contribution in [2.24, 2.45) is 22.7 Å². The number of benzene rings is 4. The van der Waals surface area contributed by atoms with Crippen LogP contribution in [0.25, 0.3) is 0 Å². The Morgan fingerprint density at radius 3 is 1.85 bits per heavy atom. The number of nitrogens with one attached hydrogen (secondary N) is 5. The van der Waals surface area contributed by atoms with E-state index in [0.29, 0.717) is 17.7 Å². The Morgan fingerprint density at radius 1 is 0.675 bits per heavy atom. The van der Waals surface area contributed by atoms with Crippen molar-refractivity contribution in [3.8, 4) is 5.75 Å². The van der Waals surface area contributed by atoms with Crippen molar-refractivity contribution in [2.75, 3.05) is 13.6 Å². The number of hydrogen-bond acceptors (Lipinski definition) is 9. The van der Waals surface area contributed by atoms with E-state index in [1.54, 1.807) is 35.9 Å². The highest BCUT2D eigenvalue weighted by atomic mass is 16.5. The lowest BCUT2D eigenvalue weighted by Crippen LogP contribution is -2.61. The van der Waals surface area contributed by atoms with Crippen molar-refractivity contribution in [2.45, 2.75) is 182 Å². The number of amides is 6. The number of carbonyl (C=O) groups excluding carboxylic acids is 7. The zero-order chi connectivity index (χ0) is 57.6. The van der Waals surface area contributed by atoms with Crippen LogP contribution < -0.4 is 31.3 Å². The summed E-state index contributed by atoms with van der Waals surface area (Å²) in [7, 11) is 1.71. The number of hydrogen-bond donors (Lipinski definition) is 5. The number of carbonyl (C=O) groups is 7. The SMILES string of the molecule is CC[C@@H](C)C(=O)N[C@H](C(=O)N1Cc2ccc(OCc3ccc(C(=O)N[C@H]4C[C@@H](C(=O)NC5CCCc6ccccc65)N(C(=O)[C@@H](CC(=O)[C@H](C)NC)C(C)(C)C)C4)cc3)cc2C[C@@H]1C(=O)NC1CCCc2ccccc21)C(C)(C)C. The molecule has 0 radical (unpaired) electrons. The van der Waals surface area contributed by atoms with Crippen LogP contribution in [-0.2, 0) is 61.2 Å². The third kappa shape index (κ3) is 13.8. The molecule has 4 aliphatic rings. The highest BCUT2D eigenvalue weighted by Crippen LogP contribution is 2.37. The first-order valence-electron chi connectivity index (χ1n) is 29.1. The van der Waals surface area contributed by atoms with Crippen LogP contribution >= 0.6 is 0 Å². The van der Waals surface area contributed by atoms with Gasteiger partial charge in [-0.05, 0) is 139 Å². The quantitative estimate of drug-likeness (QED) is 0.0650. The van der Waals surface area contributed by atoms with Gasteiger partial charge in [-0.25, -0.2) is 0 Å². The van der Waals surface area contributed by atoms with E-state index in [1.807, 2.05) is 116 Å². The fourth-order valence-corrected chi connectivity index (χ4v) is 11.9. The molecule has 4 aromatic rings. The van der Waals surface area contributed by atoms with Crippen LogP contribution in [-0.4, -0.2) is 94.8 Å². The second-order valence-electron chi connectivity index (χ2n) is 25.0. The molecule has 4 aromatic carbocycles. The summed E-state index contributed by atoms with van der Waals surface area (Å²) in [6.07, 6.45) is 6.41. The molecular weight excluding hydrogens is 1010 g/mol. The van der Waals surface area contributed by atoms with E-state index >= 15 is 0 Å². The van der Waals surface area contributed by atoms with Crippen molar-refractivity contribution in [3.05, 3.63) is 136 Å². The van der Waals surface area contributed by atoms with Crippen molar-refractivity contribution >= 4 is 41.2 Å². The molecule has 8 rings (SSSR count). The van der Waals surface area contributed by atoms with Gasteiger partial charge in [0.2, 0.25) is 29.5 Å². The molecule has 5 N–H and O–H groups in total. The number of likely N-dealkylation sites (N-methyl/N-ethyl adjacent to an activating group) is 1. The number of aryl methyl sites for hydroxylation is 2. The van der Waals surface area contributed by atoms with Gasteiger partial charge >= 0.3 is 0 Å². The molecule has 1 fully saturated rings. The zero-order valence-corrected chi connectivity index (χ0v) is 48.7. The van der Waals surface area contributed by atoms with Crippen LogP contribution in [0.15, 0.2) is 91.0 Å². The number of rotatable bonds is 18. The predicted octanol–water partition coefficient (Wildman–Crippen LogP) is 8.41. The molecular formula is C65H85N7O8. The highest BCUT2D eigenvalue weighted by Gasteiger charge is 2.47. The van der Waals surface area contributed by atoms with Crippen molar-refractivity contribution < 1.29 is 38.3 Å². The number of likely N-dealkylation sites (tertiary alicyclic amines) is 1. The Labute approximate surface area is 473 Å². The average Bonchev–Trinajstić information content (AvgIpc) is 3.89. The van der Waals surface area contributed by atoms with Gasteiger partial charge in [-0.1, -0.05) is 122 Å². The summed E-state index contributed by atoms with van der Waals surface area (Å²) in [5, 5.41) is 15.8. The van der Waals surface area contributed by atoms with Gasteiger partial charge in [0.25, 0.3) is 5.91 Å². The normalized spacial score (nSPS) is 21.3. The Morgan fingerprint density at radius 2 is 1.27 bits per heavy atom. The number of ketones is 1. The molecule has 0 aromatic heterocycles. The molecule has 428 valence electrons. The Balaban J connectivity index is 0.955. The van der Waals surface area contributed by atoms with Crippen LogP contribution in [0.3, 0.4) is 0 Å². The fraction of sp³-hybridized carbons (Fsp3) is 0.523. The summed E-state index contributed by atoms with van der Waals surface area (Å²) >= 11 is 0. The minimum absolute atomic E-state index is 0.0152. The molecule has 15 nitrogen and oxygen atoms in total. The molecule has 2 aliphatic heterocycles. The van der Waals surface area contributed by atoms with Crippen LogP contribution in [0.5, 0.6) is 5.75 Å². The van der Waals surface area contributed by atoms with Crippen molar-refractivity contribution in [3.63, 3.8) is 0 Å². The summed E-state index contributed by atoms with van der Waals surface area (Å²) in [5.41, 5.74) is 6.34. The summed E-state index contributed by atoms with van der Waals surface area (Å²) in [6, 6.07) is 25.2. The lowest BCUT2D eigenvalue weighted by atomic mass is 9.76. The first-order valence-corrected chi connectivity index (χ1v) is 29.1. The topological polar surface area (TPSA) is 195 Å². The largest absolute Gasteiger partial charge is 0.489 e. The smallest absolute Gasteiger partial charge is 0.251 e. The third-order valence-electron chi connectivity index (χ3n) is 17.2. The monoisotopic (exact) mass is 1090 g/mol. The van der Waals surface area contributed by atoms with Crippen LogP contribution in [0, 0.1) is 22.7 Å². The standard InChI is InChI=1S/C65H85N7O8/c1-11-39(2)58(74)70-57(65(7,8)9)63(79)71-36-45-30-31-48(32-46(45)33-54(71)60(76)68-52-24-16-20-42-18-12-14-22-49(42)52)80-38-41-26-28-44(29-27-41)59(75)67-47-34-55(61(77)69-53-25-17-21-43-19-13-15-23-50(43)53)72(37-47)62(78)51(64(4,5)6)35-56(73)40(3)66-10/h12-15,18-19,22-23,26-32,39-40,47,51-55,57,66H,11,16-17,20-21,24-25,33-38H2,1-10H3,(H,67,75)(H,68,76)(H,69,77)(H,70,74)/t39-,40+,47+,51-,52?,53?,54-,55+,57-/m1/s1. The minimum atomic E-state index is -0.862. The third-order valence-corrected chi connectivity index (χ3v) is 17.2. The number of nitrogens with zero attached hydrogens (tertiary/aromatic N) is 2. The Bertz CT molecular complexity index is 2930. The zero-order valence-electron chi connectivity index (χ0n) is 48.7. The van der Waals surface area contributed by atoms with Crippen molar-refractivity contribution in [1.29, 1.82) is 0 Å². The van der Waals surface area contributed by atoms with E-state index in [0.717, 1.165) is 66.3 Å². The number of ether oxygens (including phenoxy) is 1. The molecule has 2 unspecified atom stereocenters. The average molecular weight is 1090 g/mol. The van der Waals surface area contributed by atoms with Crippen LogP contribution in [0.2, 0.25) is 0 Å². The Hall–Kier alpha value is -6.87. The van der Waals surface area contributed by atoms with E-state index in [2.05, 4.69) is 44.8 Å². The predicted molar refractivity (Wildman–Crippen MR) is 309 cm³/mol. The van der Waals surface area contributed by atoms with E-state index < -0.39 is 47.0 Å². The molecule has 0 bridgehead atoms. The lowest BCUT2D eigenvalue weighted by molar-refractivity contribution is -0.147. The van der Waals surface area contributed by atoms with Gasteiger partial charge in [-0.2, -0.15) is 0 Å². The fourth-order valence-electron chi connectivity index (χ4n) is 11.9. The second kappa shape index (κ2) is 25.3.